The van der Waals surface area contributed by atoms with Gasteiger partial charge in [0.1, 0.15) is 0 Å². The van der Waals surface area contributed by atoms with Crippen LogP contribution in [0.15, 0.2) is 15.9 Å². The average Bonchev–Trinajstić information content (AvgIpc) is 3.36. The van der Waals surface area contributed by atoms with Crippen molar-refractivity contribution in [2.24, 2.45) is 14.1 Å². The predicted molar refractivity (Wildman–Crippen MR) is 172 cm³/mol. The van der Waals surface area contributed by atoms with Crippen molar-refractivity contribution in [1.82, 2.24) is 24.0 Å². The molecule has 0 bridgehead atoms. The summed E-state index contributed by atoms with van der Waals surface area (Å²) in [6.45, 7) is 4.46. The highest BCUT2D eigenvalue weighted by molar-refractivity contribution is 5.69. The Kier molecular flexibility index (Phi) is 18.7. The number of aromatic nitrogens is 4. The summed E-state index contributed by atoms with van der Waals surface area (Å²) in [5.41, 5.74) is 0.373. The van der Waals surface area contributed by atoms with Crippen molar-refractivity contribution in [3.63, 3.8) is 0 Å². The number of nitrogens with zero attached hydrogens (tertiary/aromatic N) is 4. The van der Waals surface area contributed by atoms with E-state index in [1.165, 1.54) is 99.0 Å². The normalized spacial score (nSPS) is 12.5. The highest BCUT2D eigenvalue weighted by Gasteiger charge is 2.14. The molecule has 2 aromatic rings. The molecule has 0 aliphatic rings. The van der Waals surface area contributed by atoms with Gasteiger partial charge in [0.25, 0.3) is 5.56 Å². The smallest absolute Gasteiger partial charge is 0.332 e. The molecule has 2 aromatic heterocycles. The number of unbranched alkanes of at least 4 members (excludes halogenated alkanes) is 18. The first-order chi connectivity index (χ1) is 20.0. The number of imidazole rings is 1. The fourth-order valence-electron chi connectivity index (χ4n) is 5.77. The summed E-state index contributed by atoms with van der Waals surface area (Å²) >= 11 is 0. The van der Waals surface area contributed by atoms with E-state index < -0.39 is 0 Å². The summed E-state index contributed by atoms with van der Waals surface area (Å²) < 4.78 is 4.49. The fraction of sp³-hybridized carbons (Fsp3) is 0.848. The van der Waals surface area contributed by atoms with Crippen LogP contribution in [0.5, 0.6) is 0 Å². The molecule has 0 aromatic carbocycles. The van der Waals surface area contributed by atoms with Gasteiger partial charge in [0.2, 0.25) is 0 Å². The largest absolute Gasteiger partial charge is 0.392 e. The Hall–Kier alpha value is -1.93. The van der Waals surface area contributed by atoms with Crippen LogP contribution in [0.1, 0.15) is 142 Å². The molecule has 0 spiro atoms. The maximum absolute atomic E-state index is 12.7. The highest BCUT2D eigenvalue weighted by Crippen LogP contribution is 2.13. The van der Waals surface area contributed by atoms with Crippen molar-refractivity contribution in [3.05, 3.63) is 27.2 Å². The summed E-state index contributed by atoms with van der Waals surface area (Å²) in [6.07, 6.45) is 27.6. The molecular formula is C33H61N5O3. The van der Waals surface area contributed by atoms with Gasteiger partial charge in [-0.1, -0.05) is 122 Å². The Morgan fingerprint density at radius 1 is 0.756 bits per heavy atom. The van der Waals surface area contributed by atoms with E-state index >= 15 is 0 Å². The zero-order valence-electron chi connectivity index (χ0n) is 26.7. The van der Waals surface area contributed by atoms with Crippen molar-refractivity contribution in [3.8, 4) is 0 Å². The van der Waals surface area contributed by atoms with Crippen molar-refractivity contribution < 1.29 is 5.11 Å². The molecule has 8 heteroatoms. The minimum atomic E-state index is -0.293. The molecule has 1 unspecified atom stereocenters. The summed E-state index contributed by atoms with van der Waals surface area (Å²) in [5.74, 6) is 0. The van der Waals surface area contributed by atoms with E-state index in [2.05, 4.69) is 17.2 Å². The Labute approximate surface area is 248 Å². The molecule has 0 amide bonds. The summed E-state index contributed by atoms with van der Waals surface area (Å²) in [4.78, 5) is 29.5. The van der Waals surface area contributed by atoms with Crippen LogP contribution < -0.4 is 16.6 Å². The van der Waals surface area contributed by atoms with E-state index in [4.69, 9.17) is 0 Å². The van der Waals surface area contributed by atoms with Crippen LogP contribution in [-0.4, -0.2) is 43.0 Å². The molecule has 0 saturated heterocycles. The number of rotatable bonds is 26. The standard InChI is InChI=1S/C33H61N5O3/c1-4-5-6-7-8-9-10-11-12-13-16-19-22-25-34-27-29(39)24-21-18-15-14-17-20-23-26-38-32(40)30-31(35-28-36(30)2)37(3)33(38)41/h28-29,34,39H,4-27H2,1-3H3. The van der Waals surface area contributed by atoms with Gasteiger partial charge < -0.3 is 15.0 Å². The molecule has 236 valence electrons. The van der Waals surface area contributed by atoms with Gasteiger partial charge in [-0.3, -0.25) is 13.9 Å². The van der Waals surface area contributed by atoms with E-state index in [0.717, 1.165) is 51.5 Å². The maximum Gasteiger partial charge on any atom is 0.332 e. The zero-order chi connectivity index (χ0) is 29.7. The number of aliphatic hydroxyl groups is 1. The van der Waals surface area contributed by atoms with E-state index in [0.29, 0.717) is 24.3 Å². The minimum absolute atomic E-state index is 0.241. The topological polar surface area (TPSA) is 94.1 Å². The predicted octanol–water partition coefficient (Wildman–Crippen LogP) is 6.60. The second kappa shape index (κ2) is 21.7. The summed E-state index contributed by atoms with van der Waals surface area (Å²) in [5, 5.41) is 13.7. The van der Waals surface area contributed by atoms with Crippen molar-refractivity contribution in [2.75, 3.05) is 13.1 Å². The van der Waals surface area contributed by atoms with Gasteiger partial charge in [-0.15, -0.1) is 0 Å². The molecule has 0 fully saturated rings. The molecule has 2 rings (SSSR count). The van der Waals surface area contributed by atoms with Gasteiger partial charge in [0, 0.05) is 27.2 Å². The SMILES string of the molecule is CCCCCCCCCCCCCCCNCC(O)CCCCCCCCCn1c(=O)c2c(ncn2C)n(C)c1=O. The Bertz CT molecular complexity index is 1060. The van der Waals surface area contributed by atoms with Gasteiger partial charge in [-0.25, -0.2) is 9.78 Å². The van der Waals surface area contributed by atoms with Crippen molar-refractivity contribution >= 4 is 11.2 Å². The minimum Gasteiger partial charge on any atom is -0.392 e. The third kappa shape index (κ3) is 13.7. The first-order valence-electron chi connectivity index (χ1n) is 17.0. The van der Waals surface area contributed by atoms with Crippen LogP contribution in [0.25, 0.3) is 11.2 Å². The Morgan fingerprint density at radius 3 is 1.85 bits per heavy atom. The Morgan fingerprint density at radius 2 is 1.27 bits per heavy atom. The summed E-state index contributed by atoms with van der Waals surface area (Å²) in [7, 11) is 3.45. The van der Waals surface area contributed by atoms with Crippen molar-refractivity contribution in [1.29, 1.82) is 0 Å². The van der Waals surface area contributed by atoms with Crippen LogP contribution in [0.2, 0.25) is 0 Å². The monoisotopic (exact) mass is 575 g/mol. The van der Waals surface area contributed by atoms with Crippen molar-refractivity contribution in [2.45, 2.75) is 154 Å². The lowest BCUT2D eigenvalue weighted by atomic mass is 10.0. The fourth-order valence-corrected chi connectivity index (χ4v) is 5.77. The van der Waals surface area contributed by atoms with Crippen LogP contribution >= 0.6 is 0 Å². The van der Waals surface area contributed by atoms with Gasteiger partial charge >= 0.3 is 5.69 Å². The molecule has 0 aliphatic carbocycles. The van der Waals surface area contributed by atoms with E-state index in [1.807, 2.05) is 0 Å². The number of fused-ring (bicyclic) bond motifs is 1. The second-order valence-corrected chi connectivity index (χ2v) is 12.2. The van der Waals surface area contributed by atoms with Gasteiger partial charge in [-0.2, -0.15) is 0 Å². The molecular weight excluding hydrogens is 514 g/mol. The van der Waals surface area contributed by atoms with Gasteiger partial charge in [0.15, 0.2) is 11.2 Å². The lowest BCUT2D eigenvalue weighted by molar-refractivity contribution is 0.158. The molecule has 2 heterocycles. The van der Waals surface area contributed by atoms with Crippen LogP contribution in [0, 0.1) is 0 Å². The molecule has 41 heavy (non-hydrogen) atoms. The highest BCUT2D eigenvalue weighted by atomic mass is 16.3. The lowest BCUT2D eigenvalue weighted by Gasteiger charge is -2.12. The Balaban J connectivity index is 1.36. The first-order valence-corrected chi connectivity index (χ1v) is 17.0. The summed E-state index contributed by atoms with van der Waals surface area (Å²) in [6, 6.07) is 0. The average molecular weight is 576 g/mol. The molecule has 2 N–H and O–H groups in total. The number of aliphatic hydroxyl groups excluding tert-OH is 1. The third-order valence-electron chi connectivity index (χ3n) is 8.46. The van der Waals surface area contributed by atoms with E-state index in [9.17, 15) is 14.7 Å². The third-order valence-corrected chi connectivity index (χ3v) is 8.46. The quantitative estimate of drug-likeness (QED) is 0.123. The van der Waals surface area contributed by atoms with Crippen LogP contribution in [0.3, 0.4) is 0 Å². The lowest BCUT2D eigenvalue weighted by Crippen LogP contribution is -2.39. The zero-order valence-corrected chi connectivity index (χ0v) is 26.7. The maximum atomic E-state index is 12.7. The molecule has 8 nitrogen and oxygen atoms in total. The number of aryl methyl sites for hydroxylation is 2. The number of hydrogen-bond acceptors (Lipinski definition) is 5. The molecule has 1 atom stereocenters. The molecule has 0 radical (unpaired) electrons. The molecule has 0 aliphatic heterocycles. The first kappa shape index (κ1) is 35.3. The number of nitrogens with one attached hydrogen (secondary N) is 1. The second-order valence-electron chi connectivity index (χ2n) is 12.2. The van der Waals surface area contributed by atoms with Crippen LogP contribution in [-0.2, 0) is 20.6 Å². The van der Waals surface area contributed by atoms with E-state index in [1.54, 1.807) is 25.0 Å². The molecule has 0 saturated carbocycles. The van der Waals surface area contributed by atoms with Crippen LogP contribution in [0.4, 0.5) is 0 Å². The van der Waals surface area contributed by atoms with Gasteiger partial charge in [0.05, 0.1) is 12.4 Å². The number of hydrogen-bond donors (Lipinski definition) is 2. The van der Waals surface area contributed by atoms with Gasteiger partial charge in [-0.05, 0) is 25.8 Å². The van der Waals surface area contributed by atoms with E-state index in [-0.39, 0.29) is 17.4 Å².